The van der Waals surface area contributed by atoms with Crippen molar-refractivity contribution in [3.63, 3.8) is 0 Å². The summed E-state index contributed by atoms with van der Waals surface area (Å²) >= 11 is 0. The van der Waals surface area contributed by atoms with E-state index in [9.17, 15) is 4.79 Å². The summed E-state index contributed by atoms with van der Waals surface area (Å²) in [4.78, 5) is 12.0. The van der Waals surface area contributed by atoms with Crippen molar-refractivity contribution in [2.24, 2.45) is 11.3 Å². The molecule has 0 amide bonds. The molecule has 2 nitrogen and oxygen atoms in total. The van der Waals surface area contributed by atoms with E-state index in [0.717, 1.165) is 18.8 Å². The third-order valence-corrected chi connectivity index (χ3v) is 4.35. The van der Waals surface area contributed by atoms with Crippen LogP contribution in [-0.2, 0) is 9.53 Å². The Labute approximate surface area is 111 Å². The molecule has 102 valence electrons. The molecule has 0 spiro atoms. The van der Waals surface area contributed by atoms with Gasteiger partial charge in [-0.05, 0) is 56.4 Å². The van der Waals surface area contributed by atoms with E-state index in [2.05, 4.69) is 20.8 Å². The van der Waals surface area contributed by atoms with E-state index in [1.54, 1.807) is 0 Å². The number of rotatable bonds is 0. The van der Waals surface area contributed by atoms with Crippen LogP contribution in [0.1, 0.15) is 66.7 Å². The molecule has 2 rings (SSSR count). The Balaban J connectivity index is 2.08. The SMILES string of the molecule is CC1(C)CC(=O)C(=C2CCC(C(C)(C)C)CC2)O1. The highest BCUT2D eigenvalue weighted by Crippen LogP contribution is 2.42. The zero-order valence-electron chi connectivity index (χ0n) is 12.4. The summed E-state index contributed by atoms with van der Waals surface area (Å²) in [6.07, 6.45) is 5.01. The van der Waals surface area contributed by atoms with E-state index >= 15 is 0 Å². The Morgan fingerprint density at radius 2 is 1.72 bits per heavy atom. The van der Waals surface area contributed by atoms with E-state index in [1.165, 1.54) is 18.4 Å². The van der Waals surface area contributed by atoms with Gasteiger partial charge in [-0.2, -0.15) is 0 Å². The Bertz CT molecular complexity index is 372. The summed E-state index contributed by atoms with van der Waals surface area (Å²) in [5.74, 6) is 1.68. The molecule has 2 fully saturated rings. The maximum atomic E-state index is 12.0. The fourth-order valence-electron chi connectivity index (χ4n) is 3.16. The lowest BCUT2D eigenvalue weighted by atomic mass is 9.71. The molecule has 0 N–H and O–H groups in total. The molecular weight excluding hydrogens is 224 g/mol. The fraction of sp³-hybridized carbons (Fsp3) is 0.812. The lowest BCUT2D eigenvalue weighted by Crippen LogP contribution is -2.24. The molecule has 0 atom stereocenters. The Hall–Kier alpha value is -0.790. The second-order valence-electron chi connectivity index (χ2n) is 7.53. The van der Waals surface area contributed by atoms with Crippen LogP contribution >= 0.6 is 0 Å². The maximum absolute atomic E-state index is 12.0. The third kappa shape index (κ3) is 2.78. The first kappa shape index (κ1) is 13.6. The minimum absolute atomic E-state index is 0.212. The van der Waals surface area contributed by atoms with Crippen molar-refractivity contribution < 1.29 is 9.53 Å². The molecule has 1 saturated heterocycles. The van der Waals surface area contributed by atoms with Crippen LogP contribution in [0.3, 0.4) is 0 Å². The molecule has 1 saturated carbocycles. The van der Waals surface area contributed by atoms with E-state index in [4.69, 9.17) is 4.74 Å². The van der Waals surface area contributed by atoms with Crippen LogP contribution in [0.25, 0.3) is 0 Å². The first-order valence-electron chi connectivity index (χ1n) is 7.13. The van der Waals surface area contributed by atoms with Gasteiger partial charge in [0.1, 0.15) is 5.60 Å². The first-order valence-corrected chi connectivity index (χ1v) is 7.13. The van der Waals surface area contributed by atoms with Gasteiger partial charge in [0.2, 0.25) is 5.78 Å². The van der Waals surface area contributed by atoms with Gasteiger partial charge in [-0.15, -0.1) is 0 Å². The zero-order valence-corrected chi connectivity index (χ0v) is 12.4. The van der Waals surface area contributed by atoms with Crippen LogP contribution in [-0.4, -0.2) is 11.4 Å². The van der Waals surface area contributed by atoms with Crippen LogP contribution in [0.4, 0.5) is 0 Å². The summed E-state index contributed by atoms with van der Waals surface area (Å²) in [6, 6.07) is 0. The summed E-state index contributed by atoms with van der Waals surface area (Å²) in [5.41, 5.74) is 1.36. The Morgan fingerprint density at radius 3 is 2.11 bits per heavy atom. The van der Waals surface area contributed by atoms with Gasteiger partial charge in [-0.1, -0.05) is 20.8 Å². The maximum Gasteiger partial charge on any atom is 0.201 e. The van der Waals surface area contributed by atoms with E-state index in [1.807, 2.05) is 13.8 Å². The average Bonchev–Trinajstić information content (AvgIpc) is 2.51. The van der Waals surface area contributed by atoms with Gasteiger partial charge in [-0.3, -0.25) is 4.79 Å². The molecule has 2 heteroatoms. The monoisotopic (exact) mass is 250 g/mol. The second-order valence-corrected chi connectivity index (χ2v) is 7.53. The van der Waals surface area contributed by atoms with Crippen LogP contribution in [0.15, 0.2) is 11.3 Å². The lowest BCUT2D eigenvalue weighted by Gasteiger charge is -2.35. The van der Waals surface area contributed by atoms with Crippen molar-refractivity contribution >= 4 is 5.78 Å². The summed E-state index contributed by atoms with van der Waals surface area (Å²) in [5, 5.41) is 0. The highest BCUT2D eigenvalue weighted by atomic mass is 16.5. The molecule has 1 aliphatic heterocycles. The molecule has 0 bridgehead atoms. The van der Waals surface area contributed by atoms with Crippen LogP contribution < -0.4 is 0 Å². The number of hydrogen-bond acceptors (Lipinski definition) is 2. The van der Waals surface area contributed by atoms with Crippen LogP contribution in [0.2, 0.25) is 0 Å². The topological polar surface area (TPSA) is 26.3 Å². The number of carbonyl (C=O) groups is 1. The number of allylic oxidation sites excluding steroid dienone is 2. The molecule has 0 radical (unpaired) electrons. The normalized spacial score (nSPS) is 28.5. The smallest absolute Gasteiger partial charge is 0.201 e. The Morgan fingerprint density at radius 1 is 1.17 bits per heavy atom. The molecule has 2 aliphatic rings. The second kappa shape index (κ2) is 4.40. The molecule has 0 aromatic carbocycles. The highest BCUT2D eigenvalue weighted by Gasteiger charge is 2.38. The van der Waals surface area contributed by atoms with E-state index < -0.39 is 0 Å². The summed E-state index contributed by atoms with van der Waals surface area (Å²) in [6.45, 7) is 10.9. The molecule has 18 heavy (non-hydrogen) atoms. The van der Waals surface area contributed by atoms with Crippen molar-refractivity contribution in [2.75, 3.05) is 0 Å². The van der Waals surface area contributed by atoms with E-state index in [0.29, 0.717) is 17.6 Å². The van der Waals surface area contributed by atoms with Crippen LogP contribution in [0, 0.1) is 11.3 Å². The standard InChI is InChI=1S/C16H26O2/c1-15(2,3)12-8-6-11(7-9-12)14-13(17)10-16(4,5)18-14/h12H,6-10H2,1-5H3. The summed E-state index contributed by atoms with van der Waals surface area (Å²) in [7, 11) is 0. The minimum Gasteiger partial charge on any atom is -0.484 e. The fourth-order valence-corrected chi connectivity index (χ4v) is 3.16. The highest BCUT2D eigenvalue weighted by molar-refractivity contribution is 5.96. The molecule has 1 aliphatic carbocycles. The van der Waals surface area contributed by atoms with Gasteiger partial charge in [-0.25, -0.2) is 0 Å². The predicted molar refractivity (Wildman–Crippen MR) is 73.2 cm³/mol. The Kier molecular flexibility index (Phi) is 3.33. The summed E-state index contributed by atoms with van der Waals surface area (Å²) < 4.78 is 5.85. The molecule has 1 heterocycles. The minimum atomic E-state index is -0.291. The quantitative estimate of drug-likeness (QED) is 0.601. The molecule has 0 aromatic heterocycles. The first-order chi connectivity index (χ1) is 8.19. The van der Waals surface area contributed by atoms with Gasteiger partial charge in [0.25, 0.3) is 0 Å². The van der Waals surface area contributed by atoms with Crippen molar-refractivity contribution in [3.8, 4) is 0 Å². The number of Topliss-reactive ketones (excluding diaryl/α,β-unsaturated/α-hetero) is 1. The average molecular weight is 250 g/mol. The van der Waals surface area contributed by atoms with Gasteiger partial charge in [0, 0.05) is 0 Å². The van der Waals surface area contributed by atoms with Gasteiger partial charge in [0.05, 0.1) is 6.42 Å². The molecule has 0 unspecified atom stereocenters. The largest absolute Gasteiger partial charge is 0.484 e. The lowest BCUT2D eigenvalue weighted by molar-refractivity contribution is -0.115. The van der Waals surface area contributed by atoms with Crippen LogP contribution in [0.5, 0.6) is 0 Å². The number of hydrogen-bond donors (Lipinski definition) is 0. The number of carbonyl (C=O) groups excluding carboxylic acids is 1. The van der Waals surface area contributed by atoms with Crippen molar-refractivity contribution in [1.82, 2.24) is 0 Å². The van der Waals surface area contributed by atoms with Crippen molar-refractivity contribution in [2.45, 2.75) is 72.3 Å². The molecule has 0 aromatic rings. The molecular formula is C16H26O2. The van der Waals surface area contributed by atoms with E-state index in [-0.39, 0.29) is 11.4 Å². The zero-order chi connectivity index (χ0) is 13.6. The van der Waals surface area contributed by atoms with Gasteiger partial charge >= 0.3 is 0 Å². The van der Waals surface area contributed by atoms with Crippen molar-refractivity contribution in [3.05, 3.63) is 11.3 Å². The number of ketones is 1. The third-order valence-electron chi connectivity index (χ3n) is 4.35. The van der Waals surface area contributed by atoms with Gasteiger partial charge in [0.15, 0.2) is 5.76 Å². The number of ether oxygens (including phenoxy) is 1. The van der Waals surface area contributed by atoms with Crippen molar-refractivity contribution in [1.29, 1.82) is 0 Å². The van der Waals surface area contributed by atoms with Gasteiger partial charge < -0.3 is 4.74 Å². The predicted octanol–water partition coefficient (Wildman–Crippen LogP) is 4.24.